The van der Waals surface area contributed by atoms with Crippen molar-refractivity contribution < 1.29 is 9.90 Å². The first-order valence-electron chi connectivity index (χ1n) is 6.84. The van der Waals surface area contributed by atoms with Gasteiger partial charge < -0.3 is 5.11 Å². The fraction of sp³-hybridized carbons (Fsp3) is 0.533. The van der Waals surface area contributed by atoms with E-state index in [-0.39, 0.29) is 5.92 Å². The third kappa shape index (κ3) is 3.57. The molecule has 0 saturated carbocycles. The molecule has 1 aliphatic rings. The van der Waals surface area contributed by atoms with Crippen molar-refractivity contribution in [2.45, 2.75) is 32.2 Å². The average Bonchev–Trinajstić information content (AvgIpc) is 2.42. The van der Waals surface area contributed by atoms with E-state index >= 15 is 0 Å². The van der Waals surface area contributed by atoms with Gasteiger partial charge in [-0.3, -0.25) is 9.69 Å². The summed E-state index contributed by atoms with van der Waals surface area (Å²) in [6, 6.07) is 8.86. The van der Waals surface area contributed by atoms with Gasteiger partial charge in [0.15, 0.2) is 0 Å². The molecule has 0 amide bonds. The summed E-state index contributed by atoms with van der Waals surface area (Å²) in [5.74, 6) is -0.796. The zero-order chi connectivity index (χ0) is 13.8. The summed E-state index contributed by atoms with van der Waals surface area (Å²) in [6.45, 7) is 3.95. The molecular weight excluding hydrogens is 306 g/mol. The van der Waals surface area contributed by atoms with E-state index in [4.69, 9.17) is 5.11 Å². The zero-order valence-corrected chi connectivity index (χ0v) is 12.8. The van der Waals surface area contributed by atoms with Crippen molar-refractivity contribution >= 4 is 21.9 Å². The maximum Gasteiger partial charge on any atom is 0.306 e. The third-order valence-electron chi connectivity index (χ3n) is 3.96. The van der Waals surface area contributed by atoms with E-state index in [9.17, 15) is 4.79 Å². The van der Waals surface area contributed by atoms with Gasteiger partial charge in [0.1, 0.15) is 0 Å². The summed E-state index contributed by atoms with van der Waals surface area (Å²) in [5.41, 5.74) is 1.32. The third-order valence-corrected chi connectivity index (χ3v) is 4.49. The smallest absolute Gasteiger partial charge is 0.306 e. The summed E-state index contributed by atoms with van der Waals surface area (Å²) in [7, 11) is 0. The number of hydrogen-bond acceptors (Lipinski definition) is 2. The minimum absolute atomic E-state index is 0.154. The first kappa shape index (κ1) is 14.5. The maximum absolute atomic E-state index is 11.0. The van der Waals surface area contributed by atoms with Gasteiger partial charge in [0.2, 0.25) is 0 Å². The van der Waals surface area contributed by atoms with Crippen molar-refractivity contribution in [3.05, 3.63) is 34.3 Å². The van der Waals surface area contributed by atoms with Crippen LogP contribution in [0, 0.1) is 5.92 Å². The molecular formula is C15H20BrNO2. The van der Waals surface area contributed by atoms with Gasteiger partial charge in [-0.05, 0) is 50.0 Å². The summed E-state index contributed by atoms with van der Waals surface area (Å²) in [6.07, 6.45) is 2.59. The van der Waals surface area contributed by atoms with Gasteiger partial charge in [-0.1, -0.05) is 35.0 Å². The second kappa shape index (κ2) is 6.53. The van der Waals surface area contributed by atoms with Crippen LogP contribution in [0.5, 0.6) is 0 Å². The fourth-order valence-corrected chi connectivity index (χ4v) is 3.11. The molecule has 104 valence electrons. The molecule has 19 heavy (non-hydrogen) atoms. The van der Waals surface area contributed by atoms with Gasteiger partial charge in [0, 0.05) is 10.5 Å². The van der Waals surface area contributed by atoms with Crippen LogP contribution in [0.3, 0.4) is 0 Å². The van der Waals surface area contributed by atoms with Crippen LogP contribution in [0.4, 0.5) is 0 Å². The van der Waals surface area contributed by atoms with E-state index in [0.29, 0.717) is 6.04 Å². The van der Waals surface area contributed by atoms with E-state index in [1.165, 1.54) is 5.56 Å². The first-order chi connectivity index (χ1) is 9.11. The quantitative estimate of drug-likeness (QED) is 0.917. The summed E-state index contributed by atoms with van der Waals surface area (Å²) >= 11 is 3.46. The van der Waals surface area contributed by atoms with Gasteiger partial charge in [-0.25, -0.2) is 0 Å². The number of hydrogen-bond donors (Lipinski definition) is 1. The second-order valence-corrected chi connectivity index (χ2v) is 6.04. The lowest BCUT2D eigenvalue weighted by molar-refractivity contribution is -0.143. The van der Waals surface area contributed by atoms with Crippen molar-refractivity contribution in [2.75, 3.05) is 13.1 Å². The first-order valence-corrected chi connectivity index (χ1v) is 7.63. The number of piperidine rings is 1. The Labute approximate surface area is 122 Å². The molecule has 1 heterocycles. The van der Waals surface area contributed by atoms with Crippen LogP contribution in [0.25, 0.3) is 0 Å². The predicted molar refractivity (Wildman–Crippen MR) is 79.1 cm³/mol. The molecule has 1 atom stereocenters. The van der Waals surface area contributed by atoms with Gasteiger partial charge in [-0.2, -0.15) is 0 Å². The van der Waals surface area contributed by atoms with Gasteiger partial charge in [0.05, 0.1) is 5.92 Å². The summed E-state index contributed by atoms with van der Waals surface area (Å²) < 4.78 is 1.09. The Balaban J connectivity index is 2.03. The molecule has 1 fully saturated rings. The van der Waals surface area contributed by atoms with E-state index in [1.807, 2.05) is 0 Å². The van der Waals surface area contributed by atoms with Crippen LogP contribution in [0.1, 0.15) is 37.8 Å². The molecule has 4 heteroatoms. The second-order valence-electron chi connectivity index (χ2n) is 5.12. The highest BCUT2D eigenvalue weighted by molar-refractivity contribution is 9.10. The Bertz CT molecular complexity index is 424. The van der Waals surface area contributed by atoms with Crippen LogP contribution in [0.15, 0.2) is 28.7 Å². The van der Waals surface area contributed by atoms with Gasteiger partial charge in [-0.15, -0.1) is 0 Å². The molecule has 0 spiro atoms. The Hall–Kier alpha value is -0.870. The van der Waals surface area contributed by atoms with Crippen molar-refractivity contribution in [1.82, 2.24) is 4.90 Å². The Kier molecular flexibility index (Phi) is 4.99. The zero-order valence-electron chi connectivity index (χ0n) is 11.2. The van der Waals surface area contributed by atoms with Crippen molar-refractivity contribution in [3.63, 3.8) is 0 Å². The topological polar surface area (TPSA) is 40.5 Å². The number of aliphatic carboxylic acids is 1. The van der Waals surface area contributed by atoms with Crippen LogP contribution < -0.4 is 0 Å². The molecule has 0 aromatic heterocycles. The number of nitrogens with zero attached hydrogens (tertiary/aromatic N) is 1. The number of halogens is 1. The number of likely N-dealkylation sites (tertiary alicyclic amines) is 1. The molecule has 3 nitrogen and oxygen atoms in total. The largest absolute Gasteiger partial charge is 0.481 e. The highest BCUT2D eigenvalue weighted by atomic mass is 79.9. The van der Waals surface area contributed by atoms with Gasteiger partial charge in [0.25, 0.3) is 0 Å². The Morgan fingerprint density at radius 2 is 1.95 bits per heavy atom. The van der Waals surface area contributed by atoms with E-state index in [1.54, 1.807) is 0 Å². The summed E-state index contributed by atoms with van der Waals surface area (Å²) in [5, 5.41) is 9.04. The normalized spacial score (nSPS) is 19.3. The molecule has 1 aliphatic heterocycles. The minimum Gasteiger partial charge on any atom is -0.481 e. The number of carbonyl (C=O) groups is 1. The standard InChI is InChI=1S/C15H20BrNO2/c1-2-14(11-3-5-13(16)6-4-11)17-9-7-12(8-10-17)15(18)19/h3-6,12,14H,2,7-10H2,1H3,(H,18,19). The molecule has 1 aromatic carbocycles. The lowest BCUT2D eigenvalue weighted by Crippen LogP contribution is -2.38. The van der Waals surface area contributed by atoms with Crippen LogP contribution >= 0.6 is 15.9 Å². The molecule has 1 aromatic rings. The lowest BCUT2D eigenvalue weighted by Gasteiger charge is -2.36. The number of carboxylic acids is 1. The fourth-order valence-electron chi connectivity index (χ4n) is 2.85. The molecule has 0 aliphatic carbocycles. The number of benzene rings is 1. The Morgan fingerprint density at radius 1 is 1.37 bits per heavy atom. The average molecular weight is 326 g/mol. The predicted octanol–water partition coefficient (Wildman–Crippen LogP) is 3.70. The lowest BCUT2D eigenvalue weighted by atomic mass is 9.93. The van der Waals surface area contributed by atoms with Crippen LogP contribution in [-0.4, -0.2) is 29.1 Å². The molecule has 1 N–H and O–H groups in total. The van der Waals surface area contributed by atoms with Crippen molar-refractivity contribution in [3.8, 4) is 0 Å². The highest BCUT2D eigenvalue weighted by Gasteiger charge is 2.28. The monoisotopic (exact) mass is 325 g/mol. The van der Waals surface area contributed by atoms with Crippen LogP contribution in [-0.2, 0) is 4.79 Å². The van der Waals surface area contributed by atoms with E-state index in [0.717, 1.165) is 36.8 Å². The molecule has 1 saturated heterocycles. The molecule has 1 unspecified atom stereocenters. The highest BCUT2D eigenvalue weighted by Crippen LogP contribution is 2.29. The number of rotatable bonds is 4. The SMILES string of the molecule is CCC(c1ccc(Br)cc1)N1CCC(C(=O)O)CC1. The van der Waals surface area contributed by atoms with E-state index in [2.05, 4.69) is 52.0 Å². The van der Waals surface area contributed by atoms with Crippen molar-refractivity contribution in [2.24, 2.45) is 5.92 Å². The Morgan fingerprint density at radius 3 is 2.42 bits per heavy atom. The molecule has 0 bridgehead atoms. The van der Waals surface area contributed by atoms with Crippen molar-refractivity contribution in [1.29, 1.82) is 0 Å². The molecule has 0 radical (unpaired) electrons. The minimum atomic E-state index is -0.642. The summed E-state index contributed by atoms with van der Waals surface area (Å²) in [4.78, 5) is 13.4. The van der Waals surface area contributed by atoms with Crippen LogP contribution in [0.2, 0.25) is 0 Å². The number of carboxylic acid groups (broad SMARTS) is 1. The van der Waals surface area contributed by atoms with E-state index < -0.39 is 5.97 Å². The molecule has 2 rings (SSSR count). The van der Waals surface area contributed by atoms with Gasteiger partial charge >= 0.3 is 5.97 Å². The maximum atomic E-state index is 11.0.